The smallest absolute Gasteiger partial charge is 0.243 e. The van der Waals surface area contributed by atoms with Crippen LogP contribution >= 0.6 is 0 Å². The first-order valence-corrected chi connectivity index (χ1v) is 11.0. The van der Waals surface area contributed by atoms with E-state index in [1.807, 2.05) is 57.2 Å². The highest BCUT2D eigenvalue weighted by molar-refractivity contribution is 7.92. The number of nitrogens with zero attached hydrogens (tertiary/aromatic N) is 1. The van der Waals surface area contributed by atoms with E-state index in [9.17, 15) is 13.2 Å². The van der Waals surface area contributed by atoms with Gasteiger partial charge in [-0.25, -0.2) is 8.42 Å². The maximum Gasteiger partial charge on any atom is 0.243 e. The normalized spacial score (nSPS) is 12.5. The third kappa shape index (κ3) is 5.99. The van der Waals surface area contributed by atoms with Crippen LogP contribution in [-0.2, 0) is 21.4 Å². The van der Waals surface area contributed by atoms with Gasteiger partial charge in [0, 0.05) is 6.54 Å². The number of sulfonamides is 1. The van der Waals surface area contributed by atoms with Crippen LogP contribution in [-0.4, -0.2) is 32.7 Å². The van der Waals surface area contributed by atoms with E-state index in [1.165, 1.54) is 0 Å². The molecule has 6 nitrogen and oxygen atoms in total. The Bertz CT molecular complexity index is 908. The van der Waals surface area contributed by atoms with Crippen molar-refractivity contribution in [2.24, 2.45) is 0 Å². The number of aryl methyl sites for hydroxylation is 1. The molecule has 2 aromatic carbocycles. The maximum absolute atomic E-state index is 12.7. The van der Waals surface area contributed by atoms with Crippen LogP contribution in [0.15, 0.2) is 48.5 Å². The molecule has 28 heavy (non-hydrogen) atoms. The van der Waals surface area contributed by atoms with Crippen molar-refractivity contribution in [2.45, 2.75) is 46.4 Å². The molecular weight excluding hydrogens is 376 g/mol. The van der Waals surface area contributed by atoms with Gasteiger partial charge in [0.15, 0.2) is 0 Å². The number of hydrogen-bond donors (Lipinski definition) is 1. The van der Waals surface area contributed by atoms with Crippen LogP contribution in [0.2, 0.25) is 0 Å². The molecule has 0 radical (unpaired) electrons. The van der Waals surface area contributed by atoms with Crippen molar-refractivity contribution in [1.29, 1.82) is 0 Å². The molecule has 0 aliphatic rings. The van der Waals surface area contributed by atoms with Crippen molar-refractivity contribution < 1.29 is 17.9 Å². The number of carbonyl (C=O) groups is 1. The van der Waals surface area contributed by atoms with Gasteiger partial charge in [-0.05, 0) is 57.5 Å². The van der Waals surface area contributed by atoms with Crippen molar-refractivity contribution in [1.82, 2.24) is 5.32 Å². The van der Waals surface area contributed by atoms with Gasteiger partial charge in [-0.15, -0.1) is 0 Å². The Morgan fingerprint density at radius 1 is 1.11 bits per heavy atom. The Morgan fingerprint density at radius 3 is 2.32 bits per heavy atom. The van der Waals surface area contributed by atoms with E-state index in [0.29, 0.717) is 5.69 Å². The standard InChI is InChI=1S/C21H28N2O4S/c1-15(2)27-20-8-6-7-18(13-20)14-22-21(24)17(4)23(28(5,25)26)19-11-9-16(3)10-12-19/h6-13,15,17H,14H2,1-5H3,(H,22,24). The lowest BCUT2D eigenvalue weighted by Crippen LogP contribution is -2.47. The summed E-state index contributed by atoms with van der Waals surface area (Å²) in [5.74, 6) is 0.355. The van der Waals surface area contributed by atoms with Crippen LogP contribution < -0.4 is 14.4 Å². The summed E-state index contributed by atoms with van der Waals surface area (Å²) in [7, 11) is -3.63. The molecule has 152 valence electrons. The molecular formula is C21H28N2O4S. The summed E-state index contributed by atoms with van der Waals surface area (Å²) in [4.78, 5) is 12.7. The molecule has 1 amide bonds. The monoisotopic (exact) mass is 404 g/mol. The zero-order valence-corrected chi connectivity index (χ0v) is 17.8. The predicted octanol–water partition coefficient (Wildman–Crippen LogP) is 3.25. The molecule has 0 fully saturated rings. The first-order valence-electron chi connectivity index (χ1n) is 9.17. The minimum Gasteiger partial charge on any atom is -0.491 e. The topological polar surface area (TPSA) is 75.7 Å². The lowest BCUT2D eigenvalue weighted by atomic mass is 10.2. The highest BCUT2D eigenvalue weighted by Crippen LogP contribution is 2.21. The molecule has 1 unspecified atom stereocenters. The van der Waals surface area contributed by atoms with Gasteiger partial charge in [0.2, 0.25) is 15.9 Å². The molecule has 2 aromatic rings. The van der Waals surface area contributed by atoms with Gasteiger partial charge in [-0.3, -0.25) is 9.10 Å². The van der Waals surface area contributed by atoms with Gasteiger partial charge in [-0.2, -0.15) is 0 Å². The van der Waals surface area contributed by atoms with Gasteiger partial charge in [0.05, 0.1) is 18.0 Å². The third-order valence-electron chi connectivity index (χ3n) is 4.11. The average molecular weight is 405 g/mol. The first-order chi connectivity index (χ1) is 13.1. The molecule has 1 N–H and O–H groups in total. The lowest BCUT2D eigenvalue weighted by Gasteiger charge is -2.28. The molecule has 0 aliphatic heterocycles. The van der Waals surface area contributed by atoms with Crippen molar-refractivity contribution in [3.8, 4) is 5.75 Å². The number of anilines is 1. The second kappa shape index (κ2) is 9.10. The van der Waals surface area contributed by atoms with Crippen LogP contribution in [0, 0.1) is 6.92 Å². The Hall–Kier alpha value is -2.54. The second-order valence-electron chi connectivity index (χ2n) is 7.10. The molecule has 7 heteroatoms. The quantitative estimate of drug-likeness (QED) is 0.733. The van der Waals surface area contributed by atoms with Gasteiger partial charge < -0.3 is 10.1 Å². The summed E-state index contributed by atoms with van der Waals surface area (Å²) in [6.07, 6.45) is 1.16. The van der Waals surface area contributed by atoms with E-state index in [4.69, 9.17) is 4.74 Å². The molecule has 0 spiro atoms. The number of benzene rings is 2. The summed E-state index contributed by atoms with van der Waals surface area (Å²) < 4.78 is 31.4. The second-order valence-corrected chi connectivity index (χ2v) is 8.96. The Kier molecular flexibility index (Phi) is 7.07. The largest absolute Gasteiger partial charge is 0.491 e. The number of ether oxygens (including phenoxy) is 1. The van der Waals surface area contributed by atoms with E-state index in [1.54, 1.807) is 19.1 Å². The Labute approximate surface area is 167 Å². The fraction of sp³-hybridized carbons (Fsp3) is 0.381. The highest BCUT2D eigenvalue weighted by Gasteiger charge is 2.28. The van der Waals surface area contributed by atoms with E-state index >= 15 is 0 Å². The van der Waals surface area contributed by atoms with Crippen LogP contribution in [0.5, 0.6) is 5.75 Å². The van der Waals surface area contributed by atoms with E-state index in [0.717, 1.165) is 27.4 Å². The van der Waals surface area contributed by atoms with E-state index in [-0.39, 0.29) is 18.6 Å². The fourth-order valence-electron chi connectivity index (χ4n) is 2.84. The van der Waals surface area contributed by atoms with Crippen molar-refractivity contribution >= 4 is 21.6 Å². The molecule has 0 aromatic heterocycles. The molecule has 0 saturated carbocycles. The molecule has 0 heterocycles. The highest BCUT2D eigenvalue weighted by atomic mass is 32.2. The van der Waals surface area contributed by atoms with Crippen molar-refractivity contribution in [3.05, 3.63) is 59.7 Å². The van der Waals surface area contributed by atoms with Gasteiger partial charge in [-0.1, -0.05) is 29.8 Å². The molecule has 2 rings (SSSR count). The number of rotatable bonds is 8. The predicted molar refractivity (Wildman–Crippen MR) is 112 cm³/mol. The molecule has 0 aliphatic carbocycles. The van der Waals surface area contributed by atoms with Crippen molar-refractivity contribution in [3.63, 3.8) is 0 Å². The van der Waals surface area contributed by atoms with Crippen LogP contribution in [0.25, 0.3) is 0 Å². The van der Waals surface area contributed by atoms with Gasteiger partial charge >= 0.3 is 0 Å². The number of amides is 1. The van der Waals surface area contributed by atoms with Crippen LogP contribution in [0.4, 0.5) is 5.69 Å². The SMILES string of the molecule is Cc1ccc(N(C(C)C(=O)NCc2cccc(OC(C)C)c2)S(C)(=O)=O)cc1. The lowest BCUT2D eigenvalue weighted by molar-refractivity contribution is -0.122. The number of hydrogen-bond acceptors (Lipinski definition) is 4. The van der Waals surface area contributed by atoms with Gasteiger partial charge in [0.25, 0.3) is 0 Å². The van der Waals surface area contributed by atoms with Crippen LogP contribution in [0.3, 0.4) is 0 Å². The molecule has 0 bridgehead atoms. The Morgan fingerprint density at radius 2 is 1.75 bits per heavy atom. The zero-order valence-electron chi connectivity index (χ0n) is 17.0. The summed E-state index contributed by atoms with van der Waals surface area (Å²) in [5, 5.41) is 2.81. The van der Waals surface area contributed by atoms with E-state index in [2.05, 4.69) is 5.32 Å². The summed E-state index contributed by atoms with van der Waals surface area (Å²) in [6.45, 7) is 7.67. The van der Waals surface area contributed by atoms with Gasteiger partial charge in [0.1, 0.15) is 11.8 Å². The average Bonchev–Trinajstić information content (AvgIpc) is 2.60. The first kappa shape index (κ1) is 21.8. The van der Waals surface area contributed by atoms with Crippen molar-refractivity contribution in [2.75, 3.05) is 10.6 Å². The molecule has 1 atom stereocenters. The summed E-state index contributed by atoms with van der Waals surface area (Å²) >= 11 is 0. The number of carbonyl (C=O) groups excluding carboxylic acids is 1. The zero-order chi connectivity index (χ0) is 20.9. The Balaban J connectivity index is 2.12. The molecule has 0 saturated heterocycles. The summed E-state index contributed by atoms with van der Waals surface area (Å²) in [6, 6.07) is 13.6. The minimum atomic E-state index is -3.63. The minimum absolute atomic E-state index is 0.0580. The van der Waals surface area contributed by atoms with Crippen LogP contribution in [0.1, 0.15) is 31.9 Å². The third-order valence-corrected chi connectivity index (χ3v) is 5.36. The number of nitrogens with one attached hydrogen (secondary N) is 1. The van der Waals surface area contributed by atoms with E-state index < -0.39 is 16.1 Å². The fourth-order valence-corrected chi connectivity index (χ4v) is 4.01. The summed E-state index contributed by atoms with van der Waals surface area (Å²) in [5.41, 5.74) is 2.35. The maximum atomic E-state index is 12.7.